The third kappa shape index (κ3) is 8.97. The molecule has 0 aliphatic carbocycles. The maximum Gasteiger partial charge on any atom is 0.442 e. The number of carbonyl (C=O) groups excluding carboxylic acids is 2. The van der Waals surface area contributed by atoms with Crippen molar-refractivity contribution in [1.29, 1.82) is 0 Å². The van der Waals surface area contributed by atoms with Gasteiger partial charge in [0.1, 0.15) is 17.1 Å². The predicted molar refractivity (Wildman–Crippen MR) is 169 cm³/mol. The van der Waals surface area contributed by atoms with Gasteiger partial charge in [-0.2, -0.15) is 4.68 Å². The minimum absolute atomic E-state index is 0.204. The van der Waals surface area contributed by atoms with Crippen LogP contribution in [-0.2, 0) is 10.2 Å². The Kier molecular flexibility index (Phi) is 11.2. The second-order valence-corrected chi connectivity index (χ2v) is 11.7. The van der Waals surface area contributed by atoms with E-state index in [0.717, 1.165) is 17.9 Å². The summed E-state index contributed by atoms with van der Waals surface area (Å²) in [4.78, 5) is 46.9. The molecule has 4 rings (SSSR count). The van der Waals surface area contributed by atoms with Crippen LogP contribution in [0, 0.1) is 10.1 Å². The van der Waals surface area contributed by atoms with Gasteiger partial charge in [-0.1, -0.05) is 55.6 Å². The molecule has 0 atom stereocenters. The number of urea groups is 1. The lowest BCUT2D eigenvalue weighted by molar-refractivity contribution is -0.385. The first kappa shape index (κ1) is 34.9. The van der Waals surface area contributed by atoms with Crippen LogP contribution in [0.2, 0.25) is 15.1 Å². The molecule has 0 radical (unpaired) electrons. The summed E-state index contributed by atoms with van der Waals surface area (Å²) in [7, 11) is 4.40. The van der Waals surface area contributed by atoms with Crippen LogP contribution in [0.5, 0.6) is 11.5 Å². The largest absolute Gasteiger partial charge is 0.465 e. The number of hydrogen-bond acceptors (Lipinski definition) is 9. The number of amides is 2. The number of esters is 1. The lowest BCUT2D eigenvalue weighted by Crippen LogP contribution is -2.27. The lowest BCUT2D eigenvalue weighted by atomic mass is 9.97. The van der Waals surface area contributed by atoms with Gasteiger partial charge in [-0.05, 0) is 42.5 Å². The molecule has 1 aromatic heterocycles. The highest BCUT2D eigenvalue weighted by molar-refractivity contribution is 6.35. The van der Waals surface area contributed by atoms with E-state index in [4.69, 9.17) is 44.0 Å². The summed E-state index contributed by atoms with van der Waals surface area (Å²) in [6, 6.07) is 12.9. The van der Waals surface area contributed by atoms with E-state index < -0.39 is 22.1 Å². The Labute approximate surface area is 272 Å². The smallest absolute Gasteiger partial charge is 0.442 e. The molecule has 0 aliphatic heterocycles. The summed E-state index contributed by atoms with van der Waals surface area (Å²) in [6.45, 7) is 5.68. The second kappa shape index (κ2) is 14.5. The number of hydrogen-bond donors (Lipinski definition) is 1. The van der Waals surface area contributed by atoms with Gasteiger partial charge in [0.2, 0.25) is 5.89 Å². The van der Waals surface area contributed by atoms with Gasteiger partial charge in [-0.15, -0.1) is 5.10 Å². The van der Waals surface area contributed by atoms with Crippen LogP contribution in [0.1, 0.15) is 37.0 Å². The van der Waals surface area contributed by atoms with Crippen molar-refractivity contribution in [2.75, 3.05) is 26.5 Å². The first-order valence-electron chi connectivity index (χ1n) is 12.9. The van der Waals surface area contributed by atoms with Gasteiger partial charge >= 0.3 is 17.8 Å². The van der Waals surface area contributed by atoms with Gasteiger partial charge in [0.25, 0.3) is 5.69 Å². The van der Waals surface area contributed by atoms with E-state index in [1.165, 1.54) is 23.1 Å². The molecule has 13 nitrogen and oxygen atoms in total. The molecule has 2 amide bonds. The van der Waals surface area contributed by atoms with Crippen molar-refractivity contribution in [2.24, 2.45) is 0 Å². The Balaban J connectivity index is 0.000000246. The number of nitro groups is 1. The number of carbonyl (C=O) groups is 2. The van der Waals surface area contributed by atoms with Gasteiger partial charge in [0.15, 0.2) is 0 Å². The quantitative estimate of drug-likeness (QED) is 0.125. The van der Waals surface area contributed by atoms with Crippen LogP contribution in [-0.4, -0.2) is 52.8 Å². The van der Waals surface area contributed by atoms with Gasteiger partial charge in [-0.25, -0.2) is 14.4 Å². The van der Waals surface area contributed by atoms with Crippen LogP contribution in [0.3, 0.4) is 0 Å². The summed E-state index contributed by atoms with van der Waals surface area (Å²) in [5.74, 6) is -0.615. The first-order valence-corrected chi connectivity index (χ1v) is 14.0. The number of benzene rings is 3. The minimum Gasteiger partial charge on any atom is -0.465 e. The highest BCUT2D eigenvalue weighted by Gasteiger charge is 2.24. The molecule has 0 bridgehead atoms. The molecule has 238 valence electrons. The fourth-order valence-electron chi connectivity index (χ4n) is 3.42. The molecule has 0 spiro atoms. The molecule has 0 aliphatic rings. The summed E-state index contributed by atoms with van der Waals surface area (Å²) in [5, 5.41) is 18.8. The molecule has 0 saturated heterocycles. The highest BCUT2D eigenvalue weighted by atomic mass is 35.5. The number of ether oxygens (including phenoxy) is 2. The van der Waals surface area contributed by atoms with Crippen LogP contribution in [0.15, 0.2) is 63.8 Å². The van der Waals surface area contributed by atoms with Gasteiger partial charge in [0.05, 0.1) is 27.8 Å². The summed E-state index contributed by atoms with van der Waals surface area (Å²) >= 11 is 18.0. The molecule has 4 aromatic rings. The van der Waals surface area contributed by atoms with Crippen molar-refractivity contribution in [3.63, 3.8) is 0 Å². The Morgan fingerprint density at radius 2 is 1.71 bits per heavy atom. The standard InChI is InChI=1S/C15H19ClN4O3.C14H9Cl2NO5/c1-15(2,3)12-18-20(14(22)23-12)11-7-6-9(8-10(11)16)17-13(21)19(4)5;1-21-14(18)10-7-9(3-4-12(10)17(19)20)22-13-5-2-8(15)6-11(13)16/h6-8H,1-5H3,(H,17,21);2-7H,1H3. The maximum atomic E-state index is 12.0. The number of anilines is 1. The zero-order valence-electron chi connectivity index (χ0n) is 24.9. The Morgan fingerprint density at radius 3 is 2.24 bits per heavy atom. The Morgan fingerprint density at radius 1 is 1.02 bits per heavy atom. The monoisotopic (exact) mass is 679 g/mol. The predicted octanol–water partition coefficient (Wildman–Crippen LogP) is 7.35. The molecule has 0 saturated carbocycles. The molecular weight excluding hydrogens is 653 g/mol. The SMILES string of the molecule is CN(C)C(=O)Nc1ccc(-n2nc(C(C)(C)C)oc2=O)c(Cl)c1.COC(=O)c1cc(Oc2ccc(Cl)cc2Cl)ccc1[N+](=O)[O-]. The summed E-state index contributed by atoms with van der Waals surface area (Å²) in [5.41, 5.74) is -0.0726. The number of nitrogens with zero attached hydrogens (tertiary/aromatic N) is 4. The van der Waals surface area contributed by atoms with Crippen molar-refractivity contribution in [2.45, 2.75) is 26.2 Å². The fourth-order valence-corrected chi connectivity index (χ4v) is 4.13. The molecule has 1 N–H and O–H groups in total. The van der Waals surface area contributed by atoms with Crippen LogP contribution < -0.4 is 15.8 Å². The maximum absolute atomic E-state index is 12.0. The molecular formula is C29H28Cl3N5O8. The highest BCUT2D eigenvalue weighted by Crippen LogP contribution is 2.33. The van der Waals surface area contributed by atoms with Gasteiger partial charge in [0, 0.05) is 42.4 Å². The molecule has 0 fully saturated rings. The molecule has 16 heteroatoms. The first-order chi connectivity index (χ1) is 21.0. The van der Waals surface area contributed by atoms with Crippen molar-refractivity contribution in [3.8, 4) is 17.2 Å². The Bertz CT molecular complexity index is 1800. The van der Waals surface area contributed by atoms with E-state index in [1.54, 1.807) is 44.4 Å². The third-order valence-corrected chi connectivity index (χ3v) is 6.55. The summed E-state index contributed by atoms with van der Waals surface area (Å²) < 4.78 is 16.3. The van der Waals surface area contributed by atoms with E-state index in [2.05, 4.69) is 15.2 Å². The average molecular weight is 681 g/mol. The second-order valence-electron chi connectivity index (χ2n) is 10.4. The van der Waals surface area contributed by atoms with Crippen LogP contribution >= 0.6 is 34.8 Å². The van der Waals surface area contributed by atoms with E-state index in [1.807, 2.05) is 20.8 Å². The fraction of sp³-hybridized carbons (Fsp3) is 0.241. The van der Waals surface area contributed by atoms with Crippen molar-refractivity contribution < 1.29 is 28.4 Å². The van der Waals surface area contributed by atoms with E-state index in [9.17, 15) is 24.5 Å². The molecule has 45 heavy (non-hydrogen) atoms. The number of methoxy groups -OCH3 is 1. The molecule has 0 unspecified atom stereocenters. The topological polar surface area (TPSA) is 159 Å². The molecule has 1 heterocycles. The molecule has 3 aromatic carbocycles. The lowest BCUT2D eigenvalue weighted by Gasteiger charge is -2.13. The van der Waals surface area contributed by atoms with Crippen LogP contribution in [0.25, 0.3) is 5.69 Å². The minimum atomic E-state index is -0.834. The zero-order valence-corrected chi connectivity index (χ0v) is 27.2. The van der Waals surface area contributed by atoms with Crippen molar-refractivity contribution in [3.05, 3.63) is 102 Å². The number of halogens is 3. The average Bonchev–Trinajstić information content (AvgIpc) is 3.36. The third-order valence-electron chi connectivity index (χ3n) is 5.71. The van der Waals surface area contributed by atoms with E-state index >= 15 is 0 Å². The van der Waals surface area contributed by atoms with E-state index in [-0.39, 0.29) is 33.1 Å². The van der Waals surface area contributed by atoms with Crippen LogP contribution in [0.4, 0.5) is 16.2 Å². The van der Waals surface area contributed by atoms with Gasteiger partial charge < -0.3 is 24.1 Å². The van der Waals surface area contributed by atoms with Crippen molar-refractivity contribution >= 4 is 58.2 Å². The normalized spacial score (nSPS) is 10.8. The number of aromatic nitrogens is 2. The Hall–Kier alpha value is -4.59. The van der Waals surface area contributed by atoms with Crippen molar-refractivity contribution in [1.82, 2.24) is 14.7 Å². The number of nitro benzene ring substituents is 1. The van der Waals surface area contributed by atoms with Gasteiger partial charge in [-0.3, -0.25) is 10.1 Å². The number of nitrogens with one attached hydrogen (secondary N) is 1. The van der Waals surface area contributed by atoms with E-state index in [0.29, 0.717) is 28.0 Å². The zero-order chi connectivity index (χ0) is 33.6. The number of rotatable bonds is 6. The summed E-state index contributed by atoms with van der Waals surface area (Å²) in [6.07, 6.45) is 0.